The van der Waals surface area contributed by atoms with E-state index in [0.717, 1.165) is 38.8 Å². The largest absolute Gasteiger partial charge is 0.353 e. The number of benzene rings is 1. The number of hydrogen-bond acceptors (Lipinski definition) is 2. The molecular weight excluding hydrogens is 224 g/mol. The normalized spacial score (nSPS) is 18.2. The molecule has 0 atom stereocenters. The van der Waals surface area contributed by atoms with Gasteiger partial charge in [0.1, 0.15) is 0 Å². The fraction of sp³-hybridized carbons (Fsp3) is 0.533. The van der Waals surface area contributed by atoms with Gasteiger partial charge in [-0.05, 0) is 48.9 Å². The maximum absolute atomic E-state index is 11.7. The zero-order chi connectivity index (χ0) is 12.4. The molecular formula is C15H20N2O. The number of fused-ring (bicyclic) bond motifs is 1. The Labute approximate surface area is 108 Å². The molecule has 3 nitrogen and oxygen atoms in total. The first kappa shape index (κ1) is 11.7. The average Bonchev–Trinajstić information content (AvgIpc) is 3.20. The fourth-order valence-corrected chi connectivity index (χ4v) is 2.60. The van der Waals surface area contributed by atoms with Gasteiger partial charge in [-0.2, -0.15) is 0 Å². The van der Waals surface area contributed by atoms with Gasteiger partial charge >= 0.3 is 0 Å². The lowest BCUT2D eigenvalue weighted by Gasteiger charge is -2.20. The molecule has 1 heterocycles. The van der Waals surface area contributed by atoms with Crippen molar-refractivity contribution < 1.29 is 4.79 Å². The van der Waals surface area contributed by atoms with Crippen molar-refractivity contribution in [2.45, 2.75) is 44.7 Å². The highest BCUT2D eigenvalue weighted by atomic mass is 16.1. The van der Waals surface area contributed by atoms with Gasteiger partial charge in [-0.25, -0.2) is 0 Å². The molecule has 1 aromatic rings. The van der Waals surface area contributed by atoms with Gasteiger partial charge in [-0.3, -0.25) is 4.79 Å². The van der Waals surface area contributed by atoms with E-state index in [9.17, 15) is 4.79 Å². The summed E-state index contributed by atoms with van der Waals surface area (Å²) in [6.07, 6.45) is 4.92. The van der Waals surface area contributed by atoms with E-state index in [4.69, 9.17) is 0 Å². The Morgan fingerprint density at radius 1 is 1.39 bits per heavy atom. The molecule has 18 heavy (non-hydrogen) atoms. The third-order valence-electron chi connectivity index (χ3n) is 3.81. The number of carbonyl (C=O) groups is 1. The third-order valence-corrected chi connectivity index (χ3v) is 3.81. The van der Waals surface area contributed by atoms with E-state index >= 15 is 0 Å². The SMILES string of the molecule is O=C(CCc1cccc2c1CNCC2)NC1CC1. The average molecular weight is 244 g/mol. The van der Waals surface area contributed by atoms with Crippen LogP contribution in [-0.2, 0) is 24.2 Å². The van der Waals surface area contributed by atoms with Gasteiger partial charge in [-0.1, -0.05) is 18.2 Å². The first-order chi connectivity index (χ1) is 8.83. The van der Waals surface area contributed by atoms with Crippen molar-refractivity contribution in [2.24, 2.45) is 0 Å². The van der Waals surface area contributed by atoms with Crippen LogP contribution in [0, 0.1) is 0 Å². The first-order valence-electron chi connectivity index (χ1n) is 6.92. The molecule has 0 radical (unpaired) electrons. The predicted octanol–water partition coefficient (Wildman–Crippen LogP) is 1.54. The van der Waals surface area contributed by atoms with Gasteiger partial charge in [0.25, 0.3) is 0 Å². The summed E-state index contributed by atoms with van der Waals surface area (Å²) in [5, 5.41) is 6.46. The molecule has 3 heteroatoms. The molecule has 1 amide bonds. The van der Waals surface area contributed by atoms with E-state index in [2.05, 4.69) is 28.8 Å². The van der Waals surface area contributed by atoms with Crippen molar-refractivity contribution in [3.05, 3.63) is 34.9 Å². The quantitative estimate of drug-likeness (QED) is 0.843. The Balaban J connectivity index is 1.63. The number of aryl methyl sites for hydroxylation is 1. The van der Waals surface area contributed by atoms with Crippen LogP contribution in [0.4, 0.5) is 0 Å². The van der Waals surface area contributed by atoms with Crippen LogP contribution in [0.25, 0.3) is 0 Å². The molecule has 1 aromatic carbocycles. The van der Waals surface area contributed by atoms with Gasteiger partial charge in [0.15, 0.2) is 0 Å². The summed E-state index contributed by atoms with van der Waals surface area (Å²) in [7, 11) is 0. The molecule has 3 rings (SSSR count). The Morgan fingerprint density at radius 3 is 3.11 bits per heavy atom. The summed E-state index contributed by atoms with van der Waals surface area (Å²) < 4.78 is 0. The van der Waals surface area contributed by atoms with Crippen LogP contribution in [0.2, 0.25) is 0 Å². The van der Waals surface area contributed by atoms with Crippen LogP contribution in [-0.4, -0.2) is 18.5 Å². The van der Waals surface area contributed by atoms with Crippen molar-refractivity contribution in [3.63, 3.8) is 0 Å². The minimum absolute atomic E-state index is 0.207. The van der Waals surface area contributed by atoms with Crippen molar-refractivity contribution in [1.29, 1.82) is 0 Å². The maximum atomic E-state index is 11.7. The molecule has 0 spiro atoms. The van der Waals surface area contributed by atoms with Crippen molar-refractivity contribution in [3.8, 4) is 0 Å². The van der Waals surface area contributed by atoms with Crippen molar-refractivity contribution >= 4 is 5.91 Å². The Morgan fingerprint density at radius 2 is 2.28 bits per heavy atom. The zero-order valence-electron chi connectivity index (χ0n) is 10.7. The molecule has 0 saturated heterocycles. The lowest BCUT2D eigenvalue weighted by Crippen LogP contribution is -2.27. The molecule has 1 saturated carbocycles. The highest BCUT2D eigenvalue weighted by Crippen LogP contribution is 2.21. The second kappa shape index (κ2) is 5.11. The maximum Gasteiger partial charge on any atom is 0.220 e. The highest BCUT2D eigenvalue weighted by Gasteiger charge is 2.23. The molecule has 0 unspecified atom stereocenters. The van der Waals surface area contributed by atoms with Crippen molar-refractivity contribution in [2.75, 3.05) is 6.54 Å². The van der Waals surface area contributed by atoms with Crippen LogP contribution in [0.5, 0.6) is 0 Å². The second-order valence-corrected chi connectivity index (χ2v) is 5.32. The number of hydrogen-bond donors (Lipinski definition) is 2. The summed E-state index contributed by atoms with van der Waals surface area (Å²) in [5.74, 6) is 0.207. The summed E-state index contributed by atoms with van der Waals surface area (Å²) >= 11 is 0. The van der Waals surface area contributed by atoms with Gasteiger partial charge in [0, 0.05) is 19.0 Å². The third kappa shape index (κ3) is 2.72. The van der Waals surface area contributed by atoms with E-state index in [1.165, 1.54) is 16.7 Å². The van der Waals surface area contributed by atoms with Crippen LogP contribution < -0.4 is 10.6 Å². The molecule has 0 bridgehead atoms. The highest BCUT2D eigenvalue weighted by molar-refractivity contribution is 5.76. The standard InChI is InChI=1S/C15H20N2O/c18-15(17-13-5-6-13)7-4-11-2-1-3-12-8-9-16-10-14(11)12/h1-3,13,16H,4-10H2,(H,17,18). The Bertz CT molecular complexity index is 452. The van der Waals surface area contributed by atoms with Gasteiger partial charge in [0.05, 0.1) is 0 Å². The van der Waals surface area contributed by atoms with Crippen LogP contribution in [0.1, 0.15) is 36.0 Å². The van der Waals surface area contributed by atoms with Crippen LogP contribution in [0.3, 0.4) is 0 Å². The Kier molecular flexibility index (Phi) is 3.33. The van der Waals surface area contributed by atoms with E-state index in [1.807, 2.05) is 0 Å². The van der Waals surface area contributed by atoms with Crippen LogP contribution in [0.15, 0.2) is 18.2 Å². The molecule has 1 aliphatic heterocycles. The lowest BCUT2D eigenvalue weighted by molar-refractivity contribution is -0.121. The summed E-state index contributed by atoms with van der Waals surface area (Å²) in [6, 6.07) is 6.97. The molecule has 96 valence electrons. The lowest BCUT2D eigenvalue weighted by atomic mass is 9.93. The smallest absolute Gasteiger partial charge is 0.220 e. The summed E-state index contributed by atoms with van der Waals surface area (Å²) in [4.78, 5) is 11.7. The predicted molar refractivity (Wildman–Crippen MR) is 71.3 cm³/mol. The van der Waals surface area contributed by atoms with E-state index in [1.54, 1.807) is 0 Å². The summed E-state index contributed by atoms with van der Waals surface area (Å²) in [5.41, 5.74) is 4.21. The zero-order valence-corrected chi connectivity index (χ0v) is 10.7. The monoisotopic (exact) mass is 244 g/mol. The second-order valence-electron chi connectivity index (χ2n) is 5.32. The van der Waals surface area contributed by atoms with Crippen LogP contribution >= 0.6 is 0 Å². The molecule has 1 aliphatic carbocycles. The Hall–Kier alpha value is -1.35. The number of amides is 1. The topological polar surface area (TPSA) is 41.1 Å². The minimum Gasteiger partial charge on any atom is -0.353 e. The molecule has 1 fully saturated rings. The van der Waals surface area contributed by atoms with E-state index in [0.29, 0.717) is 12.5 Å². The number of nitrogens with one attached hydrogen (secondary N) is 2. The number of rotatable bonds is 4. The minimum atomic E-state index is 0.207. The van der Waals surface area contributed by atoms with Gasteiger partial charge < -0.3 is 10.6 Å². The first-order valence-corrected chi connectivity index (χ1v) is 6.92. The fourth-order valence-electron chi connectivity index (χ4n) is 2.60. The van der Waals surface area contributed by atoms with Gasteiger partial charge in [0.2, 0.25) is 5.91 Å². The molecule has 2 aliphatic rings. The summed E-state index contributed by atoms with van der Waals surface area (Å²) in [6.45, 7) is 2.02. The van der Waals surface area contributed by atoms with E-state index in [-0.39, 0.29) is 5.91 Å². The van der Waals surface area contributed by atoms with Crippen molar-refractivity contribution in [1.82, 2.24) is 10.6 Å². The molecule has 2 N–H and O–H groups in total. The molecule has 0 aromatic heterocycles. The van der Waals surface area contributed by atoms with E-state index < -0.39 is 0 Å². The van der Waals surface area contributed by atoms with Gasteiger partial charge in [-0.15, -0.1) is 0 Å². The number of carbonyl (C=O) groups excluding carboxylic acids is 1.